The molecule has 146 valence electrons. The Balaban J connectivity index is 1.50. The van der Waals surface area contributed by atoms with Crippen LogP contribution in [-0.2, 0) is 19.3 Å². The Labute approximate surface area is 170 Å². The molecule has 0 atom stereocenters. The van der Waals surface area contributed by atoms with Crippen LogP contribution in [0.5, 0.6) is 5.75 Å². The SMILES string of the molecule is COc1ccc(C=CCN(C)Cc2nnc(SCc3ccncc3)n2C)cc1. The van der Waals surface area contributed by atoms with Gasteiger partial charge in [0.25, 0.3) is 0 Å². The molecule has 0 unspecified atom stereocenters. The van der Waals surface area contributed by atoms with E-state index in [0.717, 1.165) is 41.1 Å². The number of aromatic nitrogens is 4. The number of hydrogen-bond donors (Lipinski definition) is 0. The van der Waals surface area contributed by atoms with Crippen LogP contribution in [0.25, 0.3) is 6.08 Å². The summed E-state index contributed by atoms with van der Waals surface area (Å²) >= 11 is 1.68. The van der Waals surface area contributed by atoms with Gasteiger partial charge in [-0.15, -0.1) is 10.2 Å². The Morgan fingerprint density at radius 1 is 1.11 bits per heavy atom. The van der Waals surface area contributed by atoms with Gasteiger partial charge in [0.15, 0.2) is 5.16 Å². The fourth-order valence-corrected chi connectivity index (χ4v) is 3.51. The van der Waals surface area contributed by atoms with E-state index in [-0.39, 0.29) is 0 Å². The normalized spacial score (nSPS) is 11.4. The highest BCUT2D eigenvalue weighted by Gasteiger charge is 2.11. The zero-order valence-corrected chi connectivity index (χ0v) is 17.3. The summed E-state index contributed by atoms with van der Waals surface area (Å²) in [6.07, 6.45) is 7.89. The number of likely N-dealkylation sites (N-methyl/N-ethyl adjacent to an activating group) is 1. The second-order valence-corrected chi connectivity index (χ2v) is 7.42. The molecule has 3 rings (SSSR count). The van der Waals surface area contributed by atoms with Gasteiger partial charge in [0, 0.05) is 31.7 Å². The lowest BCUT2D eigenvalue weighted by Crippen LogP contribution is -2.20. The van der Waals surface area contributed by atoms with E-state index in [9.17, 15) is 0 Å². The van der Waals surface area contributed by atoms with Gasteiger partial charge in [0.1, 0.15) is 11.6 Å². The fraction of sp³-hybridized carbons (Fsp3) is 0.286. The smallest absolute Gasteiger partial charge is 0.191 e. The van der Waals surface area contributed by atoms with Crippen molar-refractivity contribution in [1.82, 2.24) is 24.6 Å². The molecule has 3 aromatic rings. The third-order valence-electron chi connectivity index (χ3n) is 4.30. The van der Waals surface area contributed by atoms with E-state index in [1.54, 1.807) is 18.9 Å². The summed E-state index contributed by atoms with van der Waals surface area (Å²) in [4.78, 5) is 6.26. The van der Waals surface area contributed by atoms with Crippen molar-refractivity contribution in [2.45, 2.75) is 17.5 Å². The number of pyridine rings is 1. The summed E-state index contributed by atoms with van der Waals surface area (Å²) in [5, 5.41) is 9.61. The molecule has 6 nitrogen and oxygen atoms in total. The molecule has 28 heavy (non-hydrogen) atoms. The summed E-state index contributed by atoms with van der Waals surface area (Å²) < 4.78 is 7.25. The molecule has 0 spiro atoms. The Morgan fingerprint density at radius 3 is 2.57 bits per heavy atom. The van der Waals surface area contributed by atoms with E-state index < -0.39 is 0 Å². The lowest BCUT2D eigenvalue weighted by atomic mass is 10.2. The van der Waals surface area contributed by atoms with Crippen LogP contribution in [0.15, 0.2) is 60.0 Å². The van der Waals surface area contributed by atoms with Crippen molar-refractivity contribution in [3.05, 3.63) is 71.8 Å². The Bertz CT molecular complexity index is 893. The highest BCUT2D eigenvalue weighted by molar-refractivity contribution is 7.98. The van der Waals surface area contributed by atoms with Gasteiger partial charge < -0.3 is 9.30 Å². The third kappa shape index (κ3) is 5.68. The zero-order valence-electron chi connectivity index (χ0n) is 16.4. The van der Waals surface area contributed by atoms with Crippen LogP contribution in [0.1, 0.15) is 17.0 Å². The van der Waals surface area contributed by atoms with Gasteiger partial charge in [-0.3, -0.25) is 9.88 Å². The van der Waals surface area contributed by atoms with Crippen molar-refractivity contribution in [1.29, 1.82) is 0 Å². The van der Waals surface area contributed by atoms with Crippen LogP contribution in [-0.4, -0.2) is 45.4 Å². The van der Waals surface area contributed by atoms with E-state index in [4.69, 9.17) is 4.74 Å². The Morgan fingerprint density at radius 2 is 1.86 bits per heavy atom. The molecular weight excluding hydrogens is 370 g/mol. The topological polar surface area (TPSA) is 56.1 Å². The van der Waals surface area contributed by atoms with Crippen LogP contribution < -0.4 is 4.74 Å². The quantitative estimate of drug-likeness (QED) is 0.516. The molecule has 7 heteroatoms. The van der Waals surface area contributed by atoms with Crippen LogP contribution in [0.3, 0.4) is 0 Å². The maximum atomic E-state index is 5.18. The molecule has 0 aliphatic rings. The monoisotopic (exact) mass is 395 g/mol. The summed E-state index contributed by atoms with van der Waals surface area (Å²) in [7, 11) is 5.78. The third-order valence-corrected chi connectivity index (χ3v) is 5.39. The van der Waals surface area contributed by atoms with Crippen molar-refractivity contribution in [3.8, 4) is 5.75 Å². The molecule has 0 aliphatic heterocycles. The fourth-order valence-electron chi connectivity index (χ4n) is 2.63. The highest BCUT2D eigenvalue weighted by Crippen LogP contribution is 2.21. The van der Waals surface area contributed by atoms with Gasteiger partial charge in [0.2, 0.25) is 0 Å². The average Bonchev–Trinajstić information content (AvgIpc) is 3.07. The number of hydrogen-bond acceptors (Lipinski definition) is 6. The van der Waals surface area contributed by atoms with E-state index >= 15 is 0 Å². The van der Waals surface area contributed by atoms with E-state index in [1.165, 1.54) is 5.56 Å². The minimum Gasteiger partial charge on any atom is -0.497 e. The van der Waals surface area contributed by atoms with Gasteiger partial charge in [-0.2, -0.15) is 0 Å². The molecule has 0 bridgehead atoms. The van der Waals surface area contributed by atoms with Gasteiger partial charge in [0.05, 0.1) is 13.7 Å². The molecule has 0 fully saturated rings. The van der Waals surface area contributed by atoms with Crippen molar-refractivity contribution in [3.63, 3.8) is 0 Å². The minimum absolute atomic E-state index is 0.742. The standard InChI is InChI=1S/C21H25N5OS/c1-25(14-4-5-17-6-8-19(27-3)9-7-17)15-20-23-24-21(26(20)2)28-16-18-10-12-22-13-11-18/h4-13H,14-16H2,1-3H3. The second-order valence-electron chi connectivity index (χ2n) is 6.47. The minimum atomic E-state index is 0.742. The second kappa shape index (κ2) is 10.1. The predicted octanol–water partition coefficient (Wildman–Crippen LogP) is 3.66. The predicted molar refractivity (Wildman–Crippen MR) is 113 cm³/mol. The van der Waals surface area contributed by atoms with Gasteiger partial charge >= 0.3 is 0 Å². The molecule has 0 amide bonds. The first kappa shape index (κ1) is 20.1. The molecule has 1 aromatic carbocycles. The molecule has 0 saturated heterocycles. The van der Waals surface area contributed by atoms with Crippen molar-refractivity contribution >= 4 is 17.8 Å². The first-order valence-corrected chi connectivity index (χ1v) is 10.0. The zero-order chi connectivity index (χ0) is 19.8. The lowest BCUT2D eigenvalue weighted by molar-refractivity contribution is 0.347. The first-order chi connectivity index (χ1) is 13.7. The molecule has 2 heterocycles. The molecule has 0 radical (unpaired) electrons. The number of methoxy groups -OCH3 is 1. The summed E-state index contributed by atoms with van der Waals surface area (Å²) in [6, 6.07) is 12.1. The number of ether oxygens (including phenoxy) is 1. The molecular formula is C21H25N5OS. The van der Waals surface area contributed by atoms with Crippen LogP contribution in [0.4, 0.5) is 0 Å². The lowest BCUT2D eigenvalue weighted by Gasteiger charge is -2.13. The number of thioether (sulfide) groups is 1. The van der Waals surface area contributed by atoms with Gasteiger partial charge in [-0.25, -0.2) is 0 Å². The van der Waals surface area contributed by atoms with Crippen LogP contribution >= 0.6 is 11.8 Å². The first-order valence-electron chi connectivity index (χ1n) is 9.05. The maximum absolute atomic E-state index is 5.18. The summed E-state index contributed by atoms with van der Waals surface area (Å²) in [6.45, 7) is 1.57. The number of benzene rings is 1. The molecule has 0 N–H and O–H groups in total. The van der Waals surface area contributed by atoms with Gasteiger partial charge in [-0.1, -0.05) is 36.0 Å². The summed E-state index contributed by atoms with van der Waals surface area (Å²) in [5.41, 5.74) is 2.38. The Kier molecular flexibility index (Phi) is 7.22. The van der Waals surface area contributed by atoms with Crippen molar-refractivity contribution in [2.75, 3.05) is 20.7 Å². The average molecular weight is 396 g/mol. The summed E-state index contributed by atoms with van der Waals surface area (Å²) in [5.74, 6) is 2.68. The van der Waals surface area contributed by atoms with Crippen LogP contribution in [0, 0.1) is 0 Å². The van der Waals surface area contributed by atoms with Crippen molar-refractivity contribution < 1.29 is 4.74 Å². The van der Waals surface area contributed by atoms with Gasteiger partial charge in [-0.05, 0) is 42.4 Å². The number of rotatable bonds is 9. The largest absolute Gasteiger partial charge is 0.497 e. The van der Waals surface area contributed by atoms with E-state index in [2.05, 4.69) is 43.8 Å². The maximum Gasteiger partial charge on any atom is 0.191 e. The van der Waals surface area contributed by atoms with Crippen LogP contribution in [0.2, 0.25) is 0 Å². The Hall–Kier alpha value is -2.64. The van der Waals surface area contributed by atoms with E-state index in [1.807, 2.05) is 55.8 Å². The molecule has 0 saturated carbocycles. The van der Waals surface area contributed by atoms with Crippen molar-refractivity contribution in [2.24, 2.45) is 7.05 Å². The molecule has 0 aliphatic carbocycles. The van der Waals surface area contributed by atoms with E-state index in [0.29, 0.717) is 0 Å². The highest BCUT2D eigenvalue weighted by atomic mass is 32.2. The molecule has 2 aromatic heterocycles. The number of nitrogens with zero attached hydrogens (tertiary/aromatic N) is 5.